The van der Waals surface area contributed by atoms with E-state index in [1.165, 1.54) is 0 Å². The first-order valence-corrected chi connectivity index (χ1v) is 5.28. The second kappa shape index (κ2) is 9.99. The van der Waals surface area contributed by atoms with Gasteiger partial charge in [0.1, 0.15) is 0 Å². The second-order valence-corrected chi connectivity index (χ2v) is 3.78. The molecule has 0 amide bonds. The molecular formula is C10H4F12O4Pt. The molecule has 0 aromatic rings. The molecule has 0 heterocycles. The fourth-order valence-electron chi connectivity index (χ4n) is 0.576. The summed E-state index contributed by atoms with van der Waals surface area (Å²) in [5.41, 5.74) is 0. The SMILES string of the molecule is O=C(/C=C(/O)C(F)(F)F)C(F)(F)F.O=C(/C=C(/O)C(F)(F)F)C(F)(F)F.[Pt]. The molecule has 0 spiro atoms. The average Bonchev–Trinajstić information content (AvgIpc) is 2.34. The molecule has 17 heteroatoms. The number of aliphatic hydroxyl groups excluding tert-OH is 2. The van der Waals surface area contributed by atoms with Crippen molar-refractivity contribution in [2.75, 3.05) is 0 Å². The summed E-state index contributed by atoms with van der Waals surface area (Å²) in [6.07, 6.45) is -23.4. The van der Waals surface area contributed by atoms with E-state index in [9.17, 15) is 62.3 Å². The van der Waals surface area contributed by atoms with Crippen molar-refractivity contribution in [3.63, 3.8) is 0 Å². The zero-order valence-corrected chi connectivity index (χ0v) is 14.0. The molecule has 0 aromatic heterocycles. The monoisotopic (exact) mass is 611 g/mol. The molecule has 0 atom stereocenters. The van der Waals surface area contributed by atoms with E-state index in [2.05, 4.69) is 0 Å². The van der Waals surface area contributed by atoms with Crippen molar-refractivity contribution in [3.05, 3.63) is 23.7 Å². The predicted molar refractivity (Wildman–Crippen MR) is 55.7 cm³/mol. The number of ketones is 2. The molecule has 162 valence electrons. The van der Waals surface area contributed by atoms with Gasteiger partial charge in [-0.3, -0.25) is 9.59 Å². The van der Waals surface area contributed by atoms with Crippen molar-refractivity contribution >= 4 is 11.6 Å². The summed E-state index contributed by atoms with van der Waals surface area (Å²) in [5.74, 6) is -10.7. The topological polar surface area (TPSA) is 74.6 Å². The maximum absolute atomic E-state index is 11.4. The Kier molecular flexibility index (Phi) is 11.1. The molecule has 0 fully saturated rings. The van der Waals surface area contributed by atoms with Crippen molar-refractivity contribution in [2.24, 2.45) is 0 Å². The van der Waals surface area contributed by atoms with E-state index in [-0.39, 0.29) is 21.1 Å². The summed E-state index contributed by atoms with van der Waals surface area (Å²) in [7, 11) is 0. The molecular weight excluding hydrogens is 607 g/mol. The van der Waals surface area contributed by atoms with Crippen LogP contribution in [0.1, 0.15) is 0 Å². The zero-order chi connectivity index (χ0) is 21.7. The maximum Gasteiger partial charge on any atom is 0.454 e. The molecule has 0 aliphatic heterocycles. The van der Waals surface area contributed by atoms with Crippen molar-refractivity contribution in [1.29, 1.82) is 0 Å². The minimum Gasteiger partial charge on any atom is -0.504 e. The number of hydrogen-bond donors (Lipinski definition) is 2. The van der Waals surface area contributed by atoms with E-state index < -0.39 is 59.9 Å². The third kappa shape index (κ3) is 13.1. The van der Waals surface area contributed by atoms with Crippen LogP contribution in [0.15, 0.2) is 23.7 Å². The normalized spacial score (nSPS) is 13.9. The minimum absolute atomic E-state index is 0. The molecule has 2 N–H and O–H groups in total. The number of alkyl halides is 12. The fourth-order valence-corrected chi connectivity index (χ4v) is 0.576. The molecule has 0 aliphatic carbocycles. The van der Waals surface area contributed by atoms with Crippen LogP contribution in [-0.2, 0) is 30.7 Å². The Hall–Kier alpha value is -1.73. The van der Waals surface area contributed by atoms with Crippen LogP contribution in [0.2, 0.25) is 0 Å². The van der Waals surface area contributed by atoms with Crippen molar-refractivity contribution in [1.82, 2.24) is 0 Å². The summed E-state index contributed by atoms with van der Waals surface area (Å²) >= 11 is 0. The molecule has 0 rings (SSSR count). The van der Waals surface area contributed by atoms with Gasteiger partial charge in [-0.05, 0) is 0 Å². The number of carbonyl (C=O) groups is 2. The third-order valence-corrected chi connectivity index (χ3v) is 1.68. The van der Waals surface area contributed by atoms with E-state index in [0.29, 0.717) is 0 Å². The number of rotatable bonds is 2. The van der Waals surface area contributed by atoms with Gasteiger partial charge < -0.3 is 10.2 Å². The molecule has 0 bridgehead atoms. The van der Waals surface area contributed by atoms with Crippen molar-refractivity contribution in [3.8, 4) is 0 Å². The summed E-state index contributed by atoms with van der Waals surface area (Å²) in [4.78, 5) is 19.7. The van der Waals surface area contributed by atoms with Crippen LogP contribution in [0.5, 0.6) is 0 Å². The van der Waals surface area contributed by atoms with Crippen LogP contribution >= 0.6 is 0 Å². The largest absolute Gasteiger partial charge is 0.504 e. The molecule has 0 aliphatic rings. The smallest absolute Gasteiger partial charge is 0.454 e. The second-order valence-electron chi connectivity index (χ2n) is 3.78. The number of hydrogen-bond acceptors (Lipinski definition) is 4. The van der Waals surface area contributed by atoms with Gasteiger partial charge in [0.25, 0.3) is 11.6 Å². The average molecular weight is 611 g/mol. The van der Waals surface area contributed by atoms with Crippen LogP contribution in [0, 0.1) is 0 Å². The van der Waals surface area contributed by atoms with Gasteiger partial charge in [-0.25, -0.2) is 0 Å². The van der Waals surface area contributed by atoms with E-state index >= 15 is 0 Å². The van der Waals surface area contributed by atoms with Gasteiger partial charge in [-0.2, -0.15) is 52.7 Å². The van der Waals surface area contributed by atoms with Gasteiger partial charge in [0, 0.05) is 33.2 Å². The van der Waals surface area contributed by atoms with Gasteiger partial charge in [0.2, 0.25) is 11.5 Å². The molecule has 0 unspecified atom stereocenters. The Labute approximate surface area is 154 Å². The maximum atomic E-state index is 11.4. The van der Waals surface area contributed by atoms with Gasteiger partial charge in [0.15, 0.2) is 0 Å². The summed E-state index contributed by atoms with van der Waals surface area (Å²) in [5, 5.41) is 15.9. The Morgan fingerprint density at radius 2 is 0.704 bits per heavy atom. The Morgan fingerprint density at radius 1 is 0.519 bits per heavy atom. The van der Waals surface area contributed by atoms with Crippen molar-refractivity contribution in [2.45, 2.75) is 24.7 Å². The molecule has 0 aromatic carbocycles. The molecule has 0 saturated carbocycles. The van der Waals surface area contributed by atoms with E-state index in [1.807, 2.05) is 0 Å². The van der Waals surface area contributed by atoms with Gasteiger partial charge in [0.05, 0.1) is 0 Å². The molecule has 0 radical (unpaired) electrons. The van der Waals surface area contributed by atoms with Crippen LogP contribution in [0.4, 0.5) is 52.7 Å². The quantitative estimate of drug-likeness (QED) is 0.279. The molecule has 4 nitrogen and oxygen atoms in total. The summed E-state index contributed by atoms with van der Waals surface area (Å²) in [6.45, 7) is 0. The van der Waals surface area contributed by atoms with Crippen LogP contribution in [-0.4, -0.2) is 46.5 Å². The first-order chi connectivity index (χ1) is 11.1. The third-order valence-electron chi connectivity index (χ3n) is 1.68. The molecule has 0 saturated heterocycles. The number of aliphatic hydroxyl groups is 2. The fraction of sp³-hybridized carbons (Fsp3) is 0.400. The first-order valence-electron chi connectivity index (χ1n) is 5.28. The molecule has 27 heavy (non-hydrogen) atoms. The van der Waals surface area contributed by atoms with Gasteiger partial charge >= 0.3 is 24.7 Å². The Morgan fingerprint density at radius 3 is 0.815 bits per heavy atom. The summed E-state index contributed by atoms with van der Waals surface area (Å²) in [6, 6.07) is 0. The van der Waals surface area contributed by atoms with E-state index in [0.717, 1.165) is 0 Å². The van der Waals surface area contributed by atoms with Crippen molar-refractivity contribution < 1.29 is 93.6 Å². The zero-order valence-electron chi connectivity index (χ0n) is 11.7. The standard InChI is InChI=1S/2C5H2F6O2.Pt/c2*6-4(7,8)2(12)1-3(13)5(9,10)11;/h2*1,12H;/b2*2-1+;. The van der Waals surface area contributed by atoms with E-state index in [1.54, 1.807) is 0 Å². The van der Waals surface area contributed by atoms with Gasteiger partial charge in [-0.1, -0.05) is 0 Å². The van der Waals surface area contributed by atoms with Crippen LogP contribution in [0.25, 0.3) is 0 Å². The number of allylic oxidation sites excluding steroid dienone is 4. The van der Waals surface area contributed by atoms with E-state index in [4.69, 9.17) is 10.2 Å². The summed E-state index contributed by atoms with van der Waals surface area (Å²) < 4.78 is 136. The Bertz CT molecular complexity index is 527. The van der Waals surface area contributed by atoms with Crippen LogP contribution in [0.3, 0.4) is 0 Å². The number of carbonyl (C=O) groups excluding carboxylic acids is 2. The minimum atomic E-state index is -5.42. The first kappa shape index (κ1) is 30.0. The number of halogens is 12. The Balaban J connectivity index is -0.000000411. The van der Waals surface area contributed by atoms with Gasteiger partial charge in [-0.15, -0.1) is 0 Å². The predicted octanol–water partition coefficient (Wildman–Crippen LogP) is 4.24. The van der Waals surface area contributed by atoms with Crippen LogP contribution < -0.4 is 0 Å².